The zero-order valence-corrected chi connectivity index (χ0v) is 26.9. The maximum Gasteiger partial charge on any atom is 0.335 e. The number of nitrogens with two attached hydrogens (primary N) is 2. The fourth-order valence-electron chi connectivity index (χ4n) is 3.25. The second kappa shape index (κ2) is 19.9. The van der Waals surface area contributed by atoms with Crippen LogP contribution in [0.25, 0.3) is 0 Å². The molecule has 0 aliphatic heterocycles. The molecular weight excluding hydrogens is 551 g/mol. The lowest BCUT2D eigenvalue weighted by Crippen LogP contribution is -1.99. The predicted molar refractivity (Wildman–Crippen MR) is 178 cm³/mol. The molecular formula is C34H46ClN2O3P. The van der Waals surface area contributed by atoms with Gasteiger partial charge in [0.25, 0.3) is 0 Å². The van der Waals surface area contributed by atoms with Crippen molar-refractivity contribution in [1.82, 2.24) is 0 Å². The third kappa shape index (κ3) is 16.7. The third-order valence-corrected chi connectivity index (χ3v) is 7.94. The highest BCUT2D eigenvalue weighted by molar-refractivity contribution is 7.53. The minimum Gasteiger partial charge on any atom is -0.399 e. The molecule has 4 N–H and O–H groups in total. The van der Waals surface area contributed by atoms with Crippen molar-refractivity contribution < 1.29 is 13.6 Å². The van der Waals surface area contributed by atoms with Crippen molar-refractivity contribution in [1.29, 1.82) is 0 Å². The van der Waals surface area contributed by atoms with Gasteiger partial charge in [-0.15, -0.1) is 11.6 Å². The van der Waals surface area contributed by atoms with Gasteiger partial charge in [0.15, 0.2) is 0 Å². The highest BCUT2D eigenvalue weighted by atomic mass is 35.5. The Hall–Kier alpha value is -3.08. The number of anilines is 2. The average Bonchev–Trinajstić information content (AvgIpc) is 2.95. The van der Waals surface area contributed by atoms with Crippen molar-refractivity contribution in [3.8, 4) is 0 Å². The van der Waals surface area contributed by atoms with Crippen LogP contribution in [0.5, 0.6) is 0 Å². The van der Waals surface area contributed by atoms with E-state index >= 15 is 0 Å². The smallest absolute Gasteiger partial charge is 0.335 e. The summed E-state index contributed by atoms with van der Waals surface area (Å²) in [5.41, 5.74) is 19.8. The van der Waals surface area contributed by atoms with Gasteiger partial charge >= 0.3 is 7.60 Å². The van der Waals surface area contributed by atoms with Crippen LogP contribution in [0.15, 0.2) is 97.1 Å². The summed E-state index contributed by atoms with van der Waals surface area (Å²) in [6.45, 7) is 12.7. The van der Waals surface area contributed by atoms with Gasteiger partial charge in [0.2, 0.25) is 0 Å². The van der Waals surface area contributed by atoms with E-state index < -0.39 is 7.60 Å². The van der Waals surface area contributed by atoms with E-state index in [9.17, 15) is 4.57 Å². The van der Waals surface area contributed by atoms with Gasteiger partial charge in [-0.25, -0.2) is 0 Å². The molecule has 41 heavy (non-hydrogen) atoms. The maximum absolute atomic E-state index is 12.2. The molecule has 0 aliphatic rings. The van der Waals surface area contributed by atoms with E-state index in [0.29, 0.717) is 24.8 Å². The molecule has 7 heteroatoms. The molecule has 0 amide bonds. The van der Waals surface area contributed by atoms with Gasteiger partial charge in [0.05, 0.1) is 19.4 Å². The normalized spacial score (nSPS) is 10.2. The molecule has 0 saturated heterocycles. The van der Waals surface area contributed by atoms with Crippen molar-refractivity contribution in [3.05, 3.63) is 130 Å². The molecule has 0 aliphatic carbocycles. The van der Waals surface area contributed by atoms with E-state index in [1.165, 1.54) is 22.3 Å². The molecule has 0 radical (unpaired) electrons. The first-order valence-corrected chi connectivity index (χ1v) is 16.0. The molecule has 0 saturated carbocycles. The molecule has 5 nitrogen and oxygen atoms in total. The topological polar surface area (TPSA) is 87.6 Å². The Bertz CT molecular complexity index is 1180. The van der Waals surface area contributed by atoms with Crippen molar-refractivity contribution in [3.63, 3.8) is 0 Å². The van der Waals surface area contributed by atoms with E-state index in [0.717, 1.165) is 16.8 Å². The lowest BCUT2D eigenvalue weighted by atomic mass is 10.2. The number of rotatable bonds is 7. The molecule has 4 rings (SSSR count). The Labute approximate surface area is 252 Å². The zero-order chi connectivity index (χ0) is 30.7. The van der Waals surface area contributed by atoms with Gasteiger partial charge in [-0.2, -0.15) is 0 Å². The van der Waals surface area contributed by atoms with E-state index in [1.807, 2.05) is 36.4 Å². The molecule has 4 aromatic carbocycles. The number of halogens is 1. The van der Waals surface area contributed by atoms with Gasteiger partial charge in [0.1, 0.15) is 0 Å². The summed E-state index contributed by atoms with van der Waals surface area (Å²) >= 11 is 5.54. The van der Waals surface area contributed by atoms with Gasteiger partial charge in [-0.05, 0) is 76.9 Å². The monoisotopic (exact) mass is 596 g/mol. The number of hydrogen-bond donors (Lipinski definition) is 2. The molecule has 0 bridgehead atoms. The predicted octanol–water partition coefficient (Wildman–Crippen LogP) is 9.65. The largest absolute Gasteiger partial charge is 0.399 e. The standard InChI is InChI=1S/C11H18NO3P.2C8H10.C7H8ClN/c1-3-14-16(13,15-4-2)9-10-5-7-11(12)8-6-10;2*1-7-3-5-8(2)6-4-7;8-5-6-1-3-7(9)4-2-6/h5-8H,3-4,9,12H2,1-2H3;2*3-6H,1-2H3;1-4H,5,9H2. The summed E-state index contributed by atoms with van der Waals surface area (Å²) in [6.07, 6.45) is 0.287. The number of benzene rings is 4. The van der Waals surface area contributed by atoms with Crippen LogP contribution in [0.3, 0.4) is 0 Å². The van der Waals surface area contributed by atoms with Crippen LogP contribution in [-0.4, -0.2) is 13.2 Å². The van der Waals surface area contributed by atoms with Crippen molar-refractivity contribution in [2.75, 3.05) is 24.7 Å². The minimum atomic E-state index is -3.00. The Kier molecular flexibility index (Phi) is 17.5. The molecule has 4 aromatic rings. The van der Waals surface area contributed by atoms with Crippen LogP contribution in [0, 0.1) is 27.7 Å². The Balaban J connectivity index is 0.000000288. The Morgan fingerprint density at radius 2 is 0.854 bits per heavy atom. The summed E-state index contributed by atoms with van der Waals surface area (Å²) in [5.74, 6) is 0.556. The summed E-state index contributed by atoms with van der Waals surface area (Å²) in [7, 11) is -3.00. The number of hydrogen-bond acceptors (Lipinski definition) is 5. The van der Waals surface area contributed by atoms with Crippen LogP contribution < -0.4 is 11.5 Å². The number of nitrogen functional groups attached to an aromatic ring is 2. The summed E-state index contributed by atoms with van der Waals surface area (Å²) in [5, 5.41) is 0. The first-order valence-electron chi connectivity index (χ1n) is 13.7. The molecule has 0 aromatic heterocycles. The second-order valence-corrected chi connectivity index (χ2v) is 11.9. The molecule has 0 atom stereocenters. The van der Waals surface area contributed by atoms with E-state index in [1.54, 1.807) is 26.0 Å². The minimum absolute atomic E-state index is 0.287. The first-order chi connectivity index (χ1) is 19.5. The van der Waals surface area contributed by atoms with Gasteiger partial charge in [0, 0.05) is 17.3 Å². The SMILES string of the molecule is CCOP(=O)(Cc1ccc(N)cc1)OCC.Cc1ccc(C)cc1.Cc1ccc(C)cc1.Nc1ccc(CCl)cc1. The second-order valence-electron chi connectivity index (χ2n) is 9.53. The number of aryl methyl sites for hydroxylation is 4. The summed E-state index contributed by atoms with van der Waals surface area (Å²) < 4.78 is 22.6. The molecule has 0 heterocycles. The van der Waals surface area contributed by atoms with Crippen molar-refractivity contribution in [2.24, 2.45) is 0 Å². The fraction of sp³-hybridized carbons (Fsp3) is 0.294. The van der Waals surface area contributed by atoms with Gasteiger partial charge in [-0.3, -0.25) is 4.57 Å². The average molecular weight is 597 g/mol. The van der Waals surface area contributed by atoms with E-state index in [-0.39, 0.29) is 6.16 Å². The Morgan fingerprint density at radius 1 is 0.561 bits per heavy atom. The van der Waals surface area contributed by atoms with Gasteiger partial charge in [-0.1, -0.05) is 95.1 Å². The molecule has 0 unspecified atom stereocenters. The van der Waals surface area contributed by atoms with Crippen LogP contribution in [0.4, 0.5) is 11.4 Å². The quantitative estimate of drug-likeness (QED) is 0.126. The van der Waals surface area contributed by atoms with Crippen LogP contribution in [0.1, 0.15) is 47.2 Å². The summed E-state index contributed by atoms with van der Waals surface area (Å²) in [4.78, 5) is 0. The highest BCUT2D eigenvalue weighted by Crippen LogP contribution is 2.51. The first kappa shape index (κ1) is 35.9. The fourth-order valence-corrected chi connectivity index (χ4v) is 5.13. The van der Waals surface area contributed by atoms with Gasteiger partial charge < -0.3 is 20.5 Å². The van der Waals surface area contributed by atoms with Crippen molar-refractivity contribution in [2.45, 2.75) is 53.6 Å². The van der Waals surface area contributed by atoms with E-state index in [4.69, 9.17) is 32.1 Å². The van der Waals surface area contributed by atoms with Crippen LogP contribution >= 0.6 is 19.2 Å². The zero-order valence-electron chi connectivity index (χ0n) is 25.3. The lowest BCUT2D eigenvalue weighted by molar-refractivity contribution is 0.219. The molecule has 222 valence electrons. The van der Waals surface area contributed by atoms with Crippen molar-refractivity contribution >= 4 is 30.6 Å². The van der Waals surface area contributed by atoms with Crippen LogP contribution in [-0.2, 0) is 25.7 Å². The van der Waals surface area contributed by atoms with E-state index in [2.05, 4.69) is 76.2 Å². The lowest BCUT2D eigenvalue weighted by Gasteiger charge is -2.16. The summed E-state index contributed by atoms with van der Waals surface area (Å²) in [6, 6.07) is 31.7. The molecule has 0 spiro atoms. The molecule has 0 fully saturated rings. The highest BCUT2D eigenvalue weighted by Gasteiger charge is 2.23. The van der Waals surface area contributed by atoms with Crippen LogP contribution in [0.2, 0.25) is 0 Å². The maximum atomic E-state index is 12.2. The Morgan fingerprint density at radius 3 is 1.12 bits per heavy atom. The number of alkyl halides is 1. The third-order valence-electron chi connectivity index (χ3n) is 5.58.